The highest BCUT2D eigenvalue weighted by atomic mass is 79.9. The average Bonchev–Trinajstić information content (AvgIpc) is 2.69. The van der Waals surface area contributed by atoms with Crippen LogP contribution in [-0.2, 0) is 0 Å². The smallest absolute Gasteiger partial charge is 0.258 e. The van der Waals surface area contributed by atoms with Crippen molar-refractivity contribution in [3.63, 3.8) is 0 Å². The molecule has 0 atom stereocenters. The average molecular weight is 268 g/mol. The normalized spacial score (nSPS) is 10.2. The number of nitro groups is 1. The summed E-state index contributed by atoms with van der Waals surface area (Å²) in [6.07, 6.45) is 3.35. The van der Waals surface area contributed by atoms with Gasteiger partial charge in [-0.15, -0.1) is 0 Å². The number of aromatic nitrogens is 2. The van der Waals surface area contributed by atoms with Crippen LogP contribution in [0.5, 0.6) is 0 Å². The maximum atomic E-state index is 10.6. The van der Waals surface area contributed by atoms with Crippen molar-refractivity contribution in [2.75, 3.05) is 0 Å². The van der Waals surface area contributed by atoms with Crippen molar-refractivity contribution in [2.45, 2.75) is 0 Å². The van der Waals surface area contributed by atoms with Crippen LogP contribution < -0.4 is 0 Å². The molecule has 5 nitrogen and oxygen atoms in total. The molecule has 15 heavy (non-hydrogen) atoms. The van der Waals surface area contributed by atoms with Crippen LogP contribution in [-0.4, -0.2) is 14.7 Å². The predicted octanol–water partition coefficient (Wildman–Crippen LogP) is 2.54. The predicted molar refractivity (Wildman–Crippen MR) is 57.9 cm³/mol. The number of nitrogens with zero attached hydrogens (tertiary/aromatic N) is 3. The van der Waals surface area contributed by atoms with Gasteiger partial charge in [-0.3, -0.25) is 10.1 Å². The molecule has 1 aromatic carbocycles. The molecule has 76 valence electrons. The van der Waals surface area contributed by atoms with Crippen molar-refractivity contribution in [2.24, 2.45) is 0 Å². The zero-order valence-corrected chi connectivity index (χ0v) is 9.09. The summed E-state index contributed by atoms with van der Waals surface area (Å²) in [5.41, 5.74) is 0.691. The fourth-order valence-electron chi connectivity index (χ4n) is 1.22. The Morgan fingerprint density at radius 3 is 2.80 bits per heavy atom. The summed E-state index contributed by atoms with van der Waals surface area (Å²) in [6.45, 7) is 0. The molecular weight excluding hydrogens is 262 g/mol. The third-order valence-electron chi connectivity index (χ3n) is 1.85. The maximum absolute atomic E-state index is 10.6. The van der Waals surface area contributed by atoms with E-state index in [-0.39, 0.29) is 5.69 Å². The molecule has 1 heterocycles. The highest BCUT2D eigenvalue weighted by Crippen LogP contribution is 2.23. The van der Waals surface area contributed by atoms with Crippen molar-refractivity contribution < 1.29 is 4.92 Å². The van der Waals surface area contributed by atoms with Gasteiger partial charge in [0.2, 0.25) is 0 Å². The molecule has 0 saturated carbocycles. The van der Waals surface area contributed by atoms with Crippen LogP contribution >= 0.6 is 15.9 Å². The fraction of sp³-hybridized carbons (Fsp3) is 0. The zero-order chi connectivity index (χ0) is 10.8. The number of rotatable bonds is 2. The number of nitro benzene ring substituents is 1. The van der Waals surface area contributed by atoms with Crippen molar-refractivity contribution in [1.29, 1.82) is 0 Å². The number of halogens is 1. The zero-order valence-electron chi connectivity index (χ0n) is 7.50. The van der Waals surface area contributed by atoms with Gasteiger partial charge in [-0.2, -0.15) is 5.10 Å². The minimum Gasteiger partial charge on any atom is -0.258 e. The Balaban J connectivity index is 2.54. The van der Waals surface area contributed by atoms with Gasteiger partial charge < -0.3 is 0 Å². The standard InChI is InChI=1S/C9H6BrN3O2/c10-7-4-8(12-3-1-2-11-12)6-9(5-7)13(14)15/h1-6H. The minimum atomic E-state index is -0.433. The van der Waals surface area contributed by atoms with Crippen LogP contribution in [0.4, 0.5) is 5.69 Å². The van der Waals surface area contributed by atoms with Gasteiger partial charge in [-0.05, 0) is 12.1 Å². The van der Waals surface area contributed by atoms with Gasteiger partial charge in [-0.25, -0.2) is 4.68 Å². The molecule has 0 bridgehead atoms. The lowest BCUT2D eigenvalue weighted by Crippen LogP contribution is -1.96. The number of benzene rings is 1. The summed E-state index contributed by atoms with van der Waals surface area (Å²) in [4.78, 5) is 10.2. The first kappa shape index (κ1) is 9.85. The van der Waals surface area contributed by atoms with E-state index in [4.69, 9.17) is 0 Å². The topological polar surface area (TPSA) is 61.0 Å². The third kappa shape index (κ3) is 2.04. The lowest BCUT2D eigenvalue weighted by Gasteiger charge is -2.01. The van der Waals surface area contributed by atoms with E-state index in [0.717, 1.165) is 0 Å². The molecule has 0 aliphatic heterocycles. The summed E-state index contributed by atoms with van der Waals surface area (Å²) in [5.74, 6) is 0. The summed E-state index contributed by atoms with van der Waals surface area (Å²) in [6, 6.07) is 6.44. The highest BCUT2D eigenvalue weighted by molar-refractivity contribution is 9.10. The summed E-state index contributed by atoms with van der Waals surface area (Å²) >= 11 is 3.22. The molecule has 0 unspecified atom stereocenters. The Hall–Kier alpha value is -1.69. The van der Waals surface area contributed by atoms with Gasteiger partial charge in [0.15, 0.2) is 0 Å². The second kappa shape index (κ2) is 3.82. The van der Waals surface area contributed by atoms with E-state index in [0.29, 0.717) is 10.2 Å². The van der Waals surface area contributed by atoms with Gasteiger partial charge in [0.1, 0.15) is 0 Å². The molecule has 1 aromatic heterocycles. The molecular formula is C9H6BrN3O2. The second-order valence-electron chi connectivity index (χ2n) is 2.88. The van der Waals surface area contributed by atoms with Crippen LogP contribution in [0.2, 0.25) is 0 Å². The Kier molecular flexibility index (Phi) is 2.51. The lowest BCUT2D eigenvalue weighted by molar-refractivity contribution is -0.384. The molecule has 0 fully saturated rings. The Morgan fingerprint density at radius 1 is 1.40 bits per heavy atom. The first-order chi connectivity index (χ1) is 7.16. The number of hydrogen-bond donors (Lipinski definition) is 0. The highest BCUT2D eigenvalue weighted by Gasteiger charge is 2.09. The van der Waals surface area contributed by atoms with Gasteiger partial charge in [0.05, 0.1) is 10.6 Å². The molecule has 2 rings (SSSR count). The van der Waals surface area contributed by atoms with Crippen molar-refractivity contribution in [3.8, 4) is 5.69 Å². The molecule has 0 amide bonds. The molecule has 2 aromatic rings. The van der Waals surface area contributed by atoms with E-state index >= 15 is 0 Å². The second-order valence-corrected chi connectivity index (χ2v) is 3.79. The van der Waals surface area contributed by atoms with Crippen molar-refractivity contribution in [1.82, 2.24) is 9.78 Å². The number of non-ortho nitro benzene ring substituents is 1. The minimum absolute atomic E-state index is 0.0369. The Morgan fingerprint density at radius 2 is 2.20 bits per heavy atom. The fourth-order valence-corrected chi connectivity index (χ4v) is 1.69. The van der Waals surface area contributed by atoms with Crippen molar-refractivity contribution in [3.05, 3.63) is 51.2 Å². The van der Waals surface area contributed by atoms with Crippen LogP contribution in [0.25, 0.3) is 5.69 Å². The van der Waals surface area contributed by atoms with Gasteiger partial charge in [0.25, 0.3) is 5.69 Å². The van der Waals surface area contributed by atoms with E-state index in [1.54, 1.807) is 29.2 Å². The molecule has 0 spiro atoms. The van der Waals surface area contributed by atoms with Gasteiger partial charge in [-0.1, -0.05) is 15.9 Å². The van der Waals surface area contributed by atoms with Crippen molar-refractivity contribution >= 4 is 21.6 Å². The third-order valence-corrected chi connectivity index (χ3v) is 2.30. The van der Waals surface area contributed by atoms with E-state index in [1.807, 2.05) is 0 Å². The largest absolute Gasteiger partial charge is 0.272 e. The van der Waals surface area contributed by atoms with E-state index in [1.165, 1.54) is 12.1 Å². The Bertz CT molecular complexity index is 496. The molecule has 0 saturated heterocycles. The van der Waals surface area contributed by atoms with Crippen LogP contribution in [0.3, 0.4) is 0 Å². The van der Waals surface area contributed by atoms with E-state index < -0.39 is 4.92 Å². The monoisotopic (exact) mass is 267 g/mol. The van der Waals surface area contributed by atoms with Crippen LogP contribution in [0.1, 0.15) is 0 Å². The molecule has 0 aliphatic rings. The first-order valence-electron chi connectivity index (χ1n) is 4.12. The number of hydrogen-bond acceptors (Lipinski definition) is 3. The lowest BCUT2D eigenvalue weighted by atomic mass is 10.3. The molecule has 0 N–H and O–H groups in total. The quantitative estimate of drug-likeness (QED) is 0.621. The summed E-state index contributed by atoms with van der Waals surface area (Å²) in [7, 11) is 0. The first-order valence-corrected chi connectivity index (χ1v) is 4.91. The maximum Gasteiger partial charge on any atom is 0.272 e. The van der Waals surface area contributed by atoms with Crippen LogP contribution in [0, 0.1) is 10.1 Å². The molecule has 0 radical (unpaired) electrons. The summed E-state index contributed by atoms with van der Waals surface area (Å²) in [5, 5.41) is 14.6. The van der Waals surface area contributed by atoms with E-state index in [9.17, 15) is 10.1 Å². The van der Waals surface area contributed by atoms with Gasteiger partial charge >= 0.3 is 0 Å². The summed E-state index contributed by atoms with van der Waals surface area (Å²) < 4.78 is 2.22. The Labute approximate surface area is 93.6 Å². The SMILES string of the molecule is O=[N+]([O-])c1cc(Br)cc(-n2cccn2)c1. The van der Waals surface area contributed by atoms with Gasteiger partial charge in [0, 0.05) is 29.0 Å². The molecule has 0 aliphatic carbocycles. The molecule has 6 heteroatoms. The van der Waals surface area contributed by atoms with E-state index in [2.05, 4.69) is 21.0 Å². The van der Waals surface area contributed by atoms with Crippen LogP contribution in [0.15, 0.2) is 41.1 Å².